The van der Waals surface area contributed by atoms with E-state index in [4.69, 9.17) is 9.26 Å². The van der Waals surface area contributed by atoms with Crippen molar-refractivity contribution in [3.8, 4) is 0 Å². The molecule has 9 heteroatoms. The van der Waals surface area contributed by atoms with Crippen LogP contribution in [0.25, 0.3) is 0 Å². The number of sulfone groups is 1. The van der Waals surface area contributed by atoms with Gasteiger partial charge in [0.2, 0.25) is 0 Å². The van der Waals surface area contributed by atoms with Crippen molar-refractivity contribution < 1.29 is 33.0 Å². The topological polar surface area (TPSA) is 130 Å². The first-order valence-electron chi connectivity index (χ1n) is 6.57. The molecular weight excluding hydrogens is 302 g/mol. The number of hydrogen-bond acceptors (Lipinski definition) is 8. The molecule has 0 aromatic carbocycles. The van der Waals surface area contributed by atoms with Gasteiger partial charge in [-0.2, -0.15) is 0 Å². The number of rotatable bonds is 4. The van der Waals surface area contributed by atoms with Gasteiger partial charge in [-0.05, 0) is 20.3 Å². The van der Waals surface area contributed by atoms with Gasteiger partial charge >= 0.3 is 0 Å². The maximum atomic E-state index is 12.1. The molecule has 0 bridgehead atoms. The molecule has 0 aliphatic carbocycles. The van der Waals surface area contributed by atoms with Crippen LogP contribution in [0, 0.1) is 6.92 Å². The van der Waals surface area contributed by atoms with E-state index in [0.717, 1.165) is 6.20 Å². The third kappa shape index (κ3) is 3.27. The molecule has 0 spiro atoms. The number of ether oxygens (including phenoxy) is 1. The maximum Gasteiger partial charge on any atom is 0.183 e. The zero-order chi connectivity index (χ0) is 15.8. The normalized spacial score (nSPS) is 34.0. The summed E-state index contributed by atoms with van der Waals surface area (Å²) in [7, 11) is -3.61. The highest BCUT2D eigenvalue weighted by molar-refractivity contribution is 7.91. The molecule has 2 heterocycles. The standard InChI is InChI=1S/C12H19NO7S/c1-6-9(5-13-20-6)21(17,18)4-3-8-11(15)12(16)10(14)7(2)19-8/h5,7-8,10-12,14-16H,3-4H2,1-2H3/t7?,8-,10-,11?,12+/m1/s1. The molecule has 8 nitrogen and oxygen atoms in total. The van der Waals surface area contributed by atoms with Gasteiger partial charge in [-0.1, -0.05) is 5.16 Å². The molecule has 1 saturated heterocycles. The van der Waals surface area contributed by atoms with E-state index in [2.05, 4.69) is 5.16 Å². The molecule has 1 fully saturated rings. The number of aliphatic hydroxyl groups excluding tert-OH is 3. The smallest absolute Gasteiger partial charge is 0.183 e. The molecule has 1 aliphatic heterocycles. The Labute approximate surface area is 122 Å². The molecule has 1 aromatic heterocycles. The Hall–Kier alpha value is -1.00. The summed E-state index contributed by atoms with van der Waals surface area (Å²) in [5.41, 5.74) is 0. The Morgan fingerprint density at radius 2 is 1.90 bits per heavy atom. The van der Waals surface area contributed by atoms with Crippen LogP contribution < -0.4 is 0 Å². The van der Waals surface area contributed by atoms with E-state index >= 15 is 0 Å². The van der Waals surface area contributed by atoms with Gasteiger partial charge in [-0.15, -0.1) is 0 Å². The summed E-state index contributed by atoms with van der Waals surface area (Å²) >= 11 is 0. The van der Waals surface area contributed by atoms with Crippen LogP contribution in [0.15, 0.2) is 15.6 Å². The maximum absolute atomic E-state index is 12.1. The summed E-state index contributed by atoms with van der Waals surface area (Å²) in [6, 6.07) is 0. The number of aliphatic hydroxyl groups is 3. The van der Waals surface area contributed by atoms with E-state index in [0.29, 0.717) is 0 Å². The predicted octanol–water partition coefficient (Wildman–Crippen LogP) is -0.983. The fourth-order valence-electron chi connectivity index (χ4n) is 2.34. The first kappa shape index (κ1) is 16.4. The molecule has 0 saturated carbocycles. The van der Waals surface area contributed by atoms with E-state index in [9.17, 15) is 23.7 Å². The predicted molar refractivity (Wildman–Crippen MR) is 70.3 cm³/mol. The van der Waals surface area contributed by atoms with Gasteiger partial charge in [0.15, 0.2) is 15.6 Å². The third-order valence-corrected chi connectivity index (χ3v) is 5.50. The van der Waals surface area contributed by atoms with E-state index in [-0.39, 0.29) is 22.8 Å². The highest BCUT2D eigenvalue weighted by atomic mass is 32.2. The number of aromatic nitrogens is 1. The number of nitrogens with zero attached hydrogens (tertiary/aromatic N) is 1. The summed E-state index contributed by atoms with van der Waals surface area (Å²) in [4.78, 5) is 0.00132. The molecule has 120 valence electrons. The highest BCUT2D eigenvalue weighted by Crippen LogP contribution is 2.25. The Morgan fingerprint density at radius 1 is 1.24 bits per heavy atom. The molecule has 2 unspecified atom stereocenters. The summed E-state index contributed by atoms with van der Waals surface area (Å²) in [5, 5.41) is 32.5. The number of aryl methyl sites for hydroxylation is 1. The minimum Gasteiger partial charge on any atom is -0.388 e. The Kier molecular flexibility index (Phi) is 4.69. The van der Waals surface area contributed by atoms with Crippen LogP contribution in [0.5, 0.6) is 0 Å². The van der Waals surface area contributed by atoms with Crippen LogP contribution in [0.4, 0.5) is 0 Å². The average molecular weight is 321 g/mol. The molecule has 0 radical (unpaired) electrons. The molecule has 21 heavy (non-hydrogen) atoms. The lowest BCUT2D eigenvalue weighted by atomic mass is 9.94. The van der Waals surface area contributed by atoms with Gasteiger partial charge in [-0.3, -0.25) is 0 Å². The zero-order valence-electron chi connectivity index (χ0n) is 11.7. The quantitative estimate of drug-likeness (QED) is 0.645. The van der Waals surface area contributed by atoms with Gasteiger partial charge in [0.05, 0.1) is 24.2 Å². The van der Waals surface area contributed by atoms with Crippen molar-refractivity contribution in [2.45, 2.75) is 55.7 Å². The van der Waals surface area contributed by atoms with Gasteiger partial charge in [0, 0.05) is 0 Å². The summed E-state index contributed by atoms with van der Waals surface area (Å²) < 4.78 is 34.4. The first-order chi connectivity index (χ1) is 9.74. The second kappa shape index (κ2) is 6.01. The molecule has 5 atom stereocenters. The summed E-state index contributed by atoms with van der Waals surface area (Å²) in [6.45, 7) is 3.04. The zero-order valence-corrected chi connectivity index (χ0v) is 12.5. The van der Waals surface area contributed by atoms with Crippen LogP contribution in [-0.2, 0) is 14.6 Å². The largest absolute Gasteiger partial charge is 0.388 e. The van der Waals surface area contributed by atoms with Crippen molar-refractivity contribution in [2.75, 3.05) is 5.75 Å². The minimum atomic E-state index is -3.61. The molecular formula is C12H19NO7S. The SMILES string of the molecule is Cc1oncc1S(=O)(=O)CC[C@H]1OC(C)[C@@H](O)[C@H](O)C1O. The molecule has 1 aliphatic rings. The van der Waals surface area contributed by atoms with E-state index in [1.165, 1.54) is 6.92 Å². The first-order valence-corrected chi connectivity index (χ1v) is 8.23. The van der Waals surface area contributed by atoms with Crippen LogP contribution >= 0.6 is 0 Å². The van der Waals surface area contributed by atoms with Crippen molar-refractivity contribution in [1.82, 2.24) is 5.16 Å². The summed E-state index contributed by atoms with van der Waals surface area (Å²) in [6.07, 6.45) is -4.34. The van der Waals surface area contributed by atoms with E-state index in [1.54, 1.807) is 6.92 Å². The molecule has 3 N–H and O–H groups in total. The van der Waals surface area contributed by atoms with Crippen LogP contribution in [-0.4, -0.2) is 65.2 Å². The lowest BCUT2D eigenvalue weighted by molar-refractivity contribution is -0.217. The fourth-order valence-corrected chi connectivity index (χ4v) is 3.79. The van der Waals surface area contributed by atoms with Gasteiger partial charge in [0.25, 0.3) is 0 Å². The molecule has 0 amide bonds. The highest BCUT2D eigenvalue weighted by Gasteiger charge is 2.42. The van der Waals surface area contributed by atoms with Gasteiger partial charge < -0.3 is 24.6 Å². The monoisotopic (exact) mass is 321 g/mol. The fraction of sp³-hybridized carbons (Fsp3) is 0.750. The van der Waals surface area contributed by atoms with Crippen molar-refractivity contribution in [1.29, 1.82) is 0 Å². The van der Waals surface area contributed by atoms with E-state index in [1.807, 2.05) is 0 Å². The van der Waals surface area contributed by atoms with Crippen molar-refractivity contribution in [3.63, 3.8) is 0 Å². The number of hydrogen-bond donors (Lipinski definition) is 3. The van der Waals surface area contributed by atoms with Crippen LogP contribution in [0.1, 0.15) is 19.1 Å². The molecule has 1 aromatic rings. The Morgan fingerprint density at radius 3 is 2.48 bits per heavy atom. The average Bonchev–Trinajstić information content (AvgIpc) is 2.86. The Bertz CT molecular complexity index is 584. The van der Waals surface area contributed by atoms with Crippen molar-refractivity contribution in [3.05, 3.63) is 12.0 Å². The van der Waals surface area contributed by atoms with Crippen LogP contribution in [0.2, 0.25) is 0 Å². The second-order valence-electron chi connectivity index (χ2n) is 5.21. The third-order valence-electron chi connectivity index (χ3n) is 3.66. The van der Waals surface area contributed by atoms with Gasteiger partial charge in [-0.25, -0.2) is 8.42 Å². The lowest BCUT2D eigenvalue weighted by Gasteiger charge is -2.39. The second-order valence-corrected chi connectivity index (χ2v) is 7.28. The van der Waals surface area contributed by atoms with Crippen LogP contribution in [0.3, 0.4) is 0 Å². The van der Waals surface area contributed by atoms with Gasteiger partial charge in [0.1, 0.15) is 23.2 Å². The van der Waals surface area contributed by atoms with Crippen molar-refractivity contribution in [2.24, 2.45) is 0 Å². The van der Waals surface area contributed by atoms with Crippen molar-refractivity contribution >= 4 is 9.84 Å². The summed E-state index contributed by atoms with van der Waals surface area (Å²) in [5.74, 6) is -0.0873. The minimum absolute atomic E-state index is 0.00132. The lowest BCUT2D eigenvalue weighted by Crippen LogP contribution is -2.56. The molecule has 2 rings (SSSR count). The Balaban J connectivity index is 2.04. The van der Waals surface area contributed by atoms with E-state index < -0.39 is 40.4 Å².